The minimum atomic E-state index is 0.249. The van der Waals surface area contributed by atoms with Crippen molar-refractivity contribution in [1.82, 2.24) is 15.2 Å². The SMILES string of the molecule is CCC1(C)CN(Cc2csc(C)n2)C(C)(C2CC2)CN1. The van der Waals surface area contributed by atoms with Gasteiger partial charge in [-0.15, -0.1) is 11.3 Å². The number of rotatable bonds is 4. The smallest absolute Gasteiger partial charge is 0.0897 e. The maximum Gasteiger partial charge on any atom is 0.0897 e. The molecule has 2 aliphatic rings. The summed E-state index contributed by atoms with van der Waals surface area (Å²) in [6.07, 6.45) is 3.97. The quantitative estimate of drug-likeness (QED) is 0.924. The van der Waals surface area contributed by atoms with E-state index in [2.05, 4.69) is 48.3 Å². The van der Waals surface area contributed by atoms with Crippen LogP contribution >= 0.6 is 11.3 Å². The number of aryl methyl sites for hydroxylation is 1. The first-order valence-corrected chi connectivity index (χ1v) is 8.74. The van der Waals surface area contributed by atoms with Gasteiger partial charge in [-0.1, -0.05) is 6.92 Å². The van der Waals surface area contributed by atoms with Crippen molar-refractivity contribution in [3.05, 3.63) is 16.1 Å². The van der Waals surface area contributed by atoms with Gasteiger partial charge < -0.3 is 5.32 Å². The lowest BCUT2D eigenvalue weighted by Gasteiger charge is -2.52. The van der Waals surface area contributed by atoms with Gasteiger partial charge in [-0.3, -0.25) is 4.90 Å². The van der Waals surface area contributed by atoms with E-state index in [0.29, 0.717) is 5.54 Å². The van der Waals surface area contributed by atoms with Crippen LogP contribution in [-0.2, 0) is 6.54 Å². The van der Waals surface area contributed by atoms with Crippen molar-refractivity contribution in [1.29, 1.82) is 0 Å². The fourth-order valence-corrected chi connectivity index (χ4v) is 4.02. The maximum atomic E-state index is 4.68. The normalized spacial score (nSPS) is 35.4. The predicted molar refractivity (Wildman–Crippen MR) is 85.1 cm³/mol. The molecule has 2 atom stereocenters. The highest BCUT2D eigenvalue weighted by atomic mass is 32.1. The van der Waals surface area contributed by atoms with Crippen LogP contribution in [0.3, 0.4) is 0 Å². The zero-order valence-electron chi connectivity index (χ0n) is 13.2. The Kier molecular flexibility index (Phi) is 3.68. The molecule has 112 valence electrons. The van der Waals surface area contributed by atoms with E-state index in [9.17, 15) is 0 Å². The molecule has 2 fully saturated rings. The van der Waals surface area contributed by atoms with Gasteiger partial charge in [0.25, 0.3) is 0 Å². The van der Waals surface area contributed by atoms with Gasteiger partial charge in [0.2, 0.25) is 0 Å². The minimum absolute atomic E-state index is 0.249. The van der Waals surface area contributed by atoms with Gasteiger partial charge in [0.15, 0.2) is 0 Å². The van der Waals surface area contributed by atoms with E-state index in [1.54, 1.807) is 11.3 Å². The molecule has 0 radical (unpaired) electrons. The molecule has 1 saturated carbocycles. The third-order valence-corrected chi connectivity index (χ3v) is 6.21. The molecule has 20 heavy (non-hydrogen) atoms. The first-order valence-electron chi connectivity index (χ1n) is 7.86. The number of piperazine rings is 1. The molecule has 2 heterocycles. The van der Waals surface area contributed by atoms with Crippen LogP contribution in [0.25, 0.3) is 0 Å². The molecule has 0 aromatic carbocycles. The Morgan fingerprint density at radius 2 is 2.20 bits per heavy atom. The third kappa shape index (κ3) is 2.66. The van der Waals surface area contributed by atoms with E-state index < -0.39 is 0 Å². The van der Waals surface area contributed by atoms with Gasteiger partial charge in [-0.25, -0.2) is 4.98 Å². The molecule has 0 bridgehead atoms. The first kappa shape index (κ1) is 14.5. The standard InChI is InChI=1S/C16H27N3S/c1-5-15(3)11-19(8-14-9-20-12(2)18-14)16(4,10-17-15)13-6-7-13/h9,13,17H,5-8,10-11H2,1-4H3. The lowest BCUT2D eigenvalue weighted by Crippen LogP contribution is -2.68. The third-order valence-electron chi connectivity index (χ3n) is 5.39. The second-order valence-corrected chi connectivity index (χ2v) is 8.18. The van der Waals surface area contributed by atoms with E-state index in [1.165, 1.54) is 30.0 Å². The molecule has 1 aliphatic heterocycles. The van der Waals surface area contributed by atoms with Crippen molar-refractivity contribution in [2.75, 3.05) is 13.1 Å². The summed E-state index contributed by atoms with van der Waals surface area (Å²) in [4.78, 5) is 7.39. The van der Waals surface area contributed by atoms with Gasteiger partial charge in [-0.2, -0.15) is 0 Å². The number of hydrogen-bond donors (Lipinski definition) is 1. The summed E-state index contributed by atoms with van der Waals surface area (Å²) in [6.45, 7) is 12.5. The van der Waals surface area contributed by atoms with Crippen LogP contribution in [0.4, 0.5) is 0 Å². The molecule has 4 heteroatoms. The summed E-state index contributed by atoms with van der Waals surface area (Å²) in [5.41, 5.74) is 1.81. The van der Waals surface area contributed by atoms with Crippen LogP contribution in [0.5, 0.6) is 0 Å². The summed E-state index contributed by atoms with van der Waals surface area (Å²) in [5.74, 6) is 0.871. The fraction of sp³-hybridized carbons (Fsp3) is 0.812. The highest BCUT2D eigenvalue weighted by Gasteiger charge is 2.50. The number of nitrogens with one attached hydrogen (secondary N) is 1. The van der Waals surface area contributed by atoms with Gasteiger partial charge in [0.05, 0.1) is 10.7 Å². The van der Waals surface area contributed by atoms with E-state index in [0.717, 1.165) is 25.6 Å². The fourth-order valence-electron chi connectivity index (χ4n) is 3.42. The average molecular weight is 293 g/mol. The zero-order chi connectivity index (χ0) is 14.4. The second-order valence-electron chi connectivity index (χ2n) is 7.11. The summed E-state index contributed by atoms with van der Waals surface area (Å²) in [7, 11) is 0. The van der Waals surface area contributed by atoms with Crippen molar-refractivity contribution in [2.45, 2.75) is 64.6 Å². The van der Waals surface area contributed by atoms with Gasteiger partial charge in [0.1, 0.15) is 0 Å². The molecule has 3 rings (SSSR count). The van der Waals surface area contributed by atoms with Crippen LogP contribution in [0, 0.1) is 12.8 Å². The zero-order valence-corrected chi connectivity index (χ0v) is 14.0. The van der Waals surface area contributed by atoms with Crippen LogP contribution in [-0.4, -0.2) is 34.1 Å². The predicted octanol–water partition coefficient (Wildman–Crippen LogP) is 3.19. The monoisotopic (exact) mass is 293 g/mol. The van der Waals surface area contributed by atoms with Crippen molar-refractivity contribution in [2.24, 2.45) is 5.92 Å². The van der Waals surface area contributed by atoms with Gasteiger partial charge in [-0.05, 0) is 46.0 Å². The summed E-state index contributed by atoms with van der Waals surface area (Å²) in [6, 6.07) is 0. The summed E-state index contributed by atoms with van der Waals surface area (Å²) in [5, 5.41) is 7.23. The molecule has 3 nitrogen and oxygen atoms in total. The summed E-state index contributed by atoms with van der Waals surface area (Å²) >= 11 is 1.77. The average Bonchev–Trinajstić information content (AvgIpc) is 3.20. The Bertz CT molecular complexity index is 482. The molecule has 2 unspecified atom stereocenters. The van der Waals surface area contributed by atoms with Crippen LogP contribution in [0.15, 0.2) is 5.38 Å². The minimum Gasteiger partial charge on any atom is -0.308 e. The molecule has 1 N–H and O–H groups in total. The van der Waals surface area contributed by atoms with E-state index in [1.807, 2.05) is 0 Å². The van der Waals surface area contributed by atoms with Crippen LogP contribution in [0.1, 0.15) is 50.7 Å². The van der Waals surface area contributed by atoms with Crippen molar-refractivity contribution in [3.63, 3.8) is 0 Å². The molecule has 1 saturated heterocycles. The van der Waals surface area contributed by atoms with Crippen LogP contribution < -0.4 is 5.32 Å². The van der Waals surface area contributed by atoms with E-state index >= 15 is 0 Å². The molecule has 1 aromatic rings. The molecule has 1 aliphatic carbocycles. The van der Waals surface area contributed by atoms with Gasteiger partial charge in [0, 0.05) is 36.1 Å². The van der Waals surface area contributed by atoms with Gasteiger partial charge >= 0.3 is 0 Å². The molecular weight excluding hydrogens is 266 g/mol. The Labute approximate surface area is 126 Å². The van der Waals surface area contributed by atoms with Crippen LogP contribution in [0.2, 0.25) is 0 Å². The Morgan fingerprint density at radius 3 is 2.75 bits per heavy atom. The number of hydrogen-bond acceptors (Lipinski definition) is 4. The lowest BCUT2D eigenvalue weighted by molar-refractivity contribution is -0.00208. The molecule has 0 spiro atoms. The largest absolute Gasteiger partial charge is 0.308 e. The summed E-state index contributed by atoms with van der Waals surface area (Å²) < 4.78 is 0. The topological polar surface area (TPSA) is 28.2 Å². The molecule has 1 aromatic heterocycles. The van der Waals surface area contributed by atoms with Crippen molar-refractivity contribution in [3.8, 4) is 0 Å². The van der Waals surface area contributed by atoms with E-state index in [4.69, 9.17) is 0 Å². The highest BCUT2D eigenvalue weighted by Crippen LogP contribution is 2.45. The second kappa shape index (κ2) is 5.08. The van der Waals surface area contributed by atoms with E-state index in [-0.39, 0.29) is 5.54 Å². The van der Waals surface area contributed by atoms with Crippen molar-refractivity contribution < 1.29 is 0 Å². The Balaban J connectivity index is 1.81. The Morgan fingerprint density at radius 1 is 1.45 bits per heavy atom. The van der Waals surface area contributed by atoms with Crippen molar-refractivity contribution >= 4 is 11.3 Å². The number of thiazole rings is 1. The maximum absolute atomic E-state index is 4.68. The Hall–Kier alpha value is -0.450. The molecular formula is C16H27N3S. The highest BCUT2D eigenvalue weighted by molar-refractivity contribution is 7.09. The number of aromatic nitrogens is 1. The molecule has 0 amide bonds. The lowest BCUT2D eigenvalue weighted by atomic mass is 9.84. The first-order chi connectivity index (χ1) is 9.45. The number of nitrogens with zero attached hydrogens (tertiary/aromatic N) is 2.